The molecule has 1 aliphatic heterocycles. The van der Waals surface area contributed by atoms with E-state index in [0.717, 1.165) is 35.9 Å². The van der Waals surface area contributed by atoms with Gasteiger partial charge in [0, 0.05) is 0 Å². The zero-order chi connectivity index (χ0) is 13.9. The van der Waals surface area contributed by atoms with Crippen LogP contribution in [0.4, 0.5) is 0 Å². The van der Waals surface area contributed by atoms with Gasteiger partial charge < -0.3 is 14.8 Å². The second-order valence-corrected chi connectivity index (χ2v) is 4.69. The molecule has 7 heteroatoms. The minimum Gasteiger partial charge on any atom is -0.454 e. The summed E-state index contributed by atoms with van der Waals surface area (Å²) in [6.07, 6.45) is 0.891. The highest BCUT2D eigenvalue weighted by Crippen LogP contribution is 2.35. The number of rotatable bonds is 5. The van der Waals surface area contributed by atoms with Gasteiger partial charge in [0.15, 0.2) is 11.5 Å². The molecule has 0 spiro atoms. The predicted molar refractivity (Wildman–Crippen MR) is 71.8 cm³/mol. The van der Waals surface area contributed by atoms with Gasteiger partial charge in [-0.1, -0.05) is 6.07 Å². The Morgan fingerprint density at radius 1 is 1.35 bits per heavy atom. The van der Waals surface area contributed by atoms with Crippen molar-refractivity contribution in [3.63, 3.8) is 0 Å². The first-order chi connectivity index (χ1) is 9.79. The molecule has 3 rings (SSSR count). The maximum absolute atomic E-state index is 5.44. The number of fused-ring (bicyclic) bond motifs is 1. The molecular formula is C13H17N5O2. The second kappa shape index (κ2) is 5.46. The molecule has 106 valence electrons. The van der Waals surface area contributed by atoms with Crippen LogP contribution in [0.2, 0.25) is 0 Å². The Balaban J connectivity index is 1.94. The third kappa shape index (κ3) is 2.32. The molecule has 0 aliphatic carbocycles. The molecule has 0 radical (unpaired) electrons. The van der Waals surface area contributed by atoms with Crippen molar-refractivity contribution in [1.82, 2.24) is 25.5 Å². The number of nitrogens with zero attached hydrogens (tertiary/aromatic N) is 4. The number of hydrogen-bond acceptors (Lipinski definition) is 6. The van der Waals surface area contributed by atoms with Crippen molar-refractivity contribution in [3.8, 4) is 11.5 Å². The van der Waals surface area contributed by atoms with Gasteiger partial charge in [0.25, 0.3) is 0 Å². The van der Waals surface area contributed by atoms with Crippen LogP contribution >= 0.6 is 0 Å². The predicted octanol–water partition coefficient (Wildman–Crippen LogP) is 0.909. The minimum atomic E-state index is 0.0759. The fourth-order valence-corrected chi connectivity index (χ4v) is 2.36. The molecule has 1 atom stereocenters. The van der Waals surface area contributed by atoms with Crippen LogP contribution in [-0.2, 0) is 0 Å². The fourth-order valence-electron chi connectivity index (χ4n) is 2.36. The molecule has 2 heterocycles. The van der Waals surface area contributed by atoms with Crippen molar-refractivity contribution < 1.29 is 9.47 Å². The van der Waals surface area contributed by atoms with Crippen LogP contribution in [0, 0.1) is 6.92 Å². The van der Waals surface area contributed by atoms with Crippen LogP contribution < -0.4 is 14.8 Å². The van der Waals surface area contributed by atoms with E-state index in [1.165, 1.54) is 0 Å². The average Bonchev–Trinajstić information content (AvgIpc) is 3.08. The van der Waals surface area contributed by atoms with Crippen LogP contribution in [0.15, 0.2) is 18.2 Å². The summed E-state index contributed by atoms with van der Waals surface area (Å²) < 4.78 is 12.6. The summed E-state index contributed by atoms with van der Waals surface area (Å²) in [5.74, 6) is 2.36. The number of hydrogen-bond donors (Lipinski definition) is 1. The highest BCUT2D eigenvalue weighted by atomic mass is 16.7. The molecule has 0 fully saturated rings. The van der Waals surface area contributed by atoms with Gasteiger partial charge in [0.2, 0.25) is 6.79 Å². The minimum absolute atomic E-state index is 0.0759. The standard InChI is InChI=1S/C13H17N5O2/c1-9-15-16-17-18(9)11(5-6-14-2)10-3-4-12-13(7-10)20-8-19-12/h3-4,7,11,14H,5-6,8H2,1-2H3. The Bertz CT molecular complexity index is 598. The van der Waals surface area contributed by atoms with Crippen molar-refractivity contribution in [2.45, 2.75) is 19.4 Å². The summed E-state index contributed by atoms with van der Waals surface area (Å²) >= 11 is 0. The first-order valence-corrected chi connectivity index (χ1v) is 6.58. The molecule has 2 aromatic rings. The number of tetrazole rings is 1. The number of ether oxygens (including phenoxy) is 2. The van der Waals surface area contributed by atoms with E-state index in [-0.39, 0.29) is 12.8 Å². The maximum Gasteiger partial charge on any atom is 0.231 e. The van der Waals surface area contributed by atoms with Crippen LogP contribution in [0.3, 0.4) is 0 Å². The van der Waals surface area contributed by atoms with E-state index < -0.39 is 0 Å². The smallest absolute Gasteiger partial charge is 0.231 e. The Hall–Kier alpha value is -2.15. The molecule has 1 N–H and O–H groups in total. The van der Waals surface area contributed by atoms with Crippen molar-refractivity contribution in [2.24, 2.45) is 0 Å². The lowest BCUT2D eigenvalue weighted by atomic mass is 10.0. The van der Waals surface area contributed by atoms with E-state index in [1.54, 1.807) is 0 Å². The van der Waals surface area contributed by atoms with Crippen LogP contribution in [0.5, 0.6) is 11.5 Å². The topological polar surface area (TPSA) is 74.1 Å². The van der Waals surface area contributed by atoms with E-state index in [1.807, 2.05) is 36.9 Å². The summed E-state index contributed by atoms with van der Waals surface area (Å²) in [6.45, 7) is 3.06. The first kappa shape index (κ1) is 12.9. The lowest BCUT2D eigenvalue weighted by Gasteiger charge is -2.18. The van der Waals surface area contributed by atoms with Gasteiger partial charge in [-0.2, -0.15) is 0 Å². The zero-order valence-electron chi connectivity index (χ0n) is 11.5. The van der Waals surface area contributed by atoms with Crippen molar-refractivity contribution in [2.75, 3.05) is 20.4 Å². The Kier molecular flexibility index (Phi) is 3.51. The molecule has 0 saturated carbocycles. The molecule has 0 amide bonds. The zero-order valence-corrected chi connectivity index (χ0v) is 11.5. The van der Waals surface area contributed by atoms with Gasteiger partial charge in [-0.25, -0.2) is 4.68 Å². The normalized spacial score (nSPS) is 14.5. The molecule has 0 saturated heterocycles. The molecule has 1 aliphatic rings. The molecule has 20 heavy (non-hydrogen) atoms. The van der Waals surface area contributed by atoms with Gasteiger partial charge in [-0.05, 0) is 55.1 Å². The number of aryl methyl sites for hydroxylation is 1. The SMILES string of the molecule is CNCCC(c1ccc2c(c1)OCO2)n1nnnc1C. The largest absolute Gasteiger partial charge is 0.454 e. The van der Waals surface area contributed by atoms with Gasteiger partial charge in [-0.3, -0.25) is 0 Å². The summed E-state index contributed by atoms with van der Waals surface area (Å²) in [5.41, 5.74) is 1.11. The highest BCUT2D eigenvalue weighted by molar-refractivity contribution is 5.45. The van der Waals surface area contributed by atoms with Gasteiger partial charge in [0.05, 0.1) is 6.04 Å². The Morgan fingerprint density at radius 2 is 2.20 bits per heavy atom. The second-order valence-electron chi connectivity index (χ2n) is 4.69. The summed E-state index contributed by atoms with van der Waals surface area (Å²) in [7, 11) is 1.93. The van der Waals surface area contributed by atoms with Gasteiger partial charge in [0.1, 0.15) is 5.82 Å². The van der Waals surface area contributed by atoms with E-state index in [0.29, 0.717) is 0 Å². The van der Waals surface area contributed by atoms with E-state index in [4.69, 9.17) is 9.47 Å². The number of nitrogens with one attached hydrogen (secondary N) is 1. The van der Waals surface area contributed by atoms with E-state index >= 15 is 0 Å². The van der Waals surface area contributed by atoms with Gasteiger partial charge in [-0.15, -0.1) is 5.10 Å². The molecule has 7 nitrogen and oxygen atoms in total. The lowest BCUT2D eigenvalue weighted by Crippen LogP contribution is -2.19. The molecule has 1 aromatic carbocycles. The van der Waals surface area contributed by atoms with Crippen LogP contribution in [0.25, 0.3) is 0 Å². The summed E-state index contributed by atoms with van der Waals surface area (Å²) in [4.78, 5) is 0. The third-order valence-electron chi connectivity index (χ3n) is 3.40. The Labute approximate surface area is 116 Å². The monoisotopic (exact) mass is 275 g/mol. The van der Waals surface area contributed by atoms with Crippen LogP contribution in [-0.4, -0.2) is 40.6 Å². The van der Waals surface area contributed by atoms with Crippen LogP contribution in [0.1, 0.15) is 23.9 Å². The first-order valence-electron chi connectivity index (χ1n) is 6.58. The quantitative estimate of drug-likeness (QED) is 0.874. The van der Waals surface area contributed by atoms with Crippen molar-refractivity contribution in [3.05, 3.63) is 29.6 Å². The summed E-state index contributed by atoms with van der Waals surface area (Å²) in [5, 5.41) is 15.0. The summed E-state index contributed by atoms with van der Waals surface area (Å²) in [6, 6.07) is 6.05. The molecule has 0 bridgehead atoms. The van der Waals surface area contributed by atoms with E-state index in [2.05, 4.69) is 20.8 Å². The molecule has 1 aromatic heterocycles. The third-order valence-corrected chi connectivity index (χ3v) is 3.40. The Morgan fingerprint density at radius 3 is 2.95 bits per heavy atom. The fraction of sp³-hybridized carbons (Fsp3) is 0.462. The lowest BCUT2D eigenvalue weighted by molar-refractivity contribution is 0.174. The number of benzene rings is 1. The van der Waals surface area contributed by atoms with Gasteiger partial charge >= 0.3 is 0 Å². The maximum atomic E-state index is 5.44. The molecule has 1 unspecified atom stereocenters. The van der Waals surface area contributed by atoms with E-state index in [9.17, 15) is 0 Å². The highest BCUT2D eigenvalue weighted by Gasteiger charge is 2.21. The average molecular weight is 275 g/mol. The number of aromatic nitrogens is 4. The van der Waals surface area contributed by atoms with Crippen molar-refractivity contribution >= 4 is 0 Å². The van der Waals surface area contributed by atoms with Crippen molar-refractivity contribution in [1.29, 1.82) is 0 Å². The molecular weight excluding hydrogens is 258 g/mol.